The van der Waals surface area contributed by atoms with E-state index < -0.39 is 16.1 Å². The first-order valence-electron chi connectivity index (χ1n) is 12.9. The quantitative estimate of drug-likeness (QED) is 0.294. The van der Waals surface area contributed by atoms with Gasteiger partial charge in [-0.05, 0) is 60.7 Å². The maximum Gasteiger partial charge on any atom is 0.242 e. The monoisotopic (exact) mass is 603 g/mol. The van der Waals surface area contributed by atoms with Crippen molar-refractivity contribution in [2.24, 2.45) is 0 Å². The second kappa shape index (κ2) is 14.0. The number of likely N-dealkylation sites (N-methyl/N-ethyl adjacent to an activating group) is 1. The molecule has 0 saturated heterocycles. The second-order valence-electron chi connectivity index (χ2n) is 9.73. The first-order chi connectivity index (χ1) is 18.9. The van der Waals surface area contributed by atoms with Crippen LogP contribution in [0.25, 0.3) is 0 Å². The van der Waals surface area contributed by atoms with Crippen LogP contribution < -0.4 is 9.62 Å². The van der Waals surface area contributed by atoms with E-state index in [1.54, 1.807) is 24.3 Å². The van der Waals surface area contributed by atoms with Crippen molar-refractivity contribution in [2.75, 3.05) is 24.2 Å². The predicted octanol–water partition coefficient (Wildman–Crippen LogP) is 5.54. The molecular formula is C30H35Cl2N3O4S. The van der Waals surface area contributed by atoms with Crippen LogP contribution in [-0.2, 0) is 32.6 Å². The van der Waals surface area contributed by atoms with E-state index in [1.165, 1.54) is 16.3 Å². The topological polar surface area (TPSA) is 86.8 Å². The van der Waals surface area contributed by atoms with Crippen LogP contribution in [0.1, 0.15) is 35.1 Å². The zero-order chi connectivity index (χ0) is 29.4. The van der Waals surface area contributed by atoms with Crippen molar-refractivity contribution in [3.05, 3.63) is 99.0 Å². The minimum absolute atomic E-state index is 0.0321. The molecule has 1 unspecified atom stereocenters. The Morgan fingerprint density at radius 3 is 2.30 bits per heavy atom. The third kappa shape index (κ3) is 8.22. The third-order valence-corrected chi connectivity index (χ3v) is 8.64. The van der Waals surface area contributed by atoms with Gasteiger partial charge in [-0.1, -0.05) is 71.7 Å². The molecule has 0 fully saturated rings. The van der Waals surface area contributed by atoms with Gasteiger partial charge in [0, 0.05) is 43.0 Å². The number of hydrogen-bond donors (Lipinski definition) is 1. The molecular weight excluding hydrogens is 569 g/mol. The summed E-state index contributed by atoms with van der Waals surface area (Å²) in [6.45, 7) is 4.01. The molecule has 3 aromatic rings. The highest BCUT2D eigenvalue weighted by Gasteiger charge is 2.30. The molecule has 0 bridgehead atoms. The lowest BCUT2D eigenvalue weighted by Crippen LogP contribution is -2.49. The fraction of sp³-hybridized carbons (Fsp3) is 0.333. The maximum absolute atomic E-state index is 13.8. The van der Waals surface area contributed by atoms with E-state index in [0.29, 0.717) is 27.7 Å². The summed E-state index contributed by atoms with van der Waals surface area (Å²) < 4.78 is 26.7. The molecule has 10 heteroatoms. The van der Waals surface area contributed by atoms with Crippen LogP contribution in [0.2, 0.25) is 10.0 Å². The first kappa shape index (κ1) is 31.5. The van der Waals surface area contributed by atoms with Gasteiger partial charge in [-0.2, -0.15) is 0 Å². The van der Waals surface area contributed by atoms with Crippen LogP contribution in [0.15, 0.2) is 66.7 Å². The van der Waals surface area contributed by atoms with Crippen LogP contribution >= 0.6 is 23.2 Å². The van der Waals surface area contributed by atoms with Crippen molar-refractivity contribution in [3.63, 3.8) is 0 Å². The zero-order valence-electron chi connectivity index (χ0n) is 23.2. The number of sulfonamides is 1. The van der Waals surface area contributed by atoms with Crippen molar-refractivity contribution in [3.8, 4) is 0 Å². The van der Waals surface area contributed by atoms with Gasteiger partial charge in [0.25, 0.3) is 0 Å². The van der Waals surface area contributed by atoms with E-state index in [9.17, 15) is 18.0 Å². The Kier molecular flexibility index (Phi) is 11.0. The van der Waals surface area contributed by atoms with Crippen LogP contribution in [-0.4, -0.2) is 51.0 Å². The summed E-state index contributed by atoms with van der Waals surface area (Å²) in [6.07, 6.45) is 1.75. The largest absolute Gasteiger partial charge is 0.357 e. The van der Waals surface area contributed by atoms with Gasteiger partial charge in [0.05, 0.1) is 11.9 Å². The summed E-state index contributed by atoms with van der Waals surface area (Å²) in [7, 11) is -2.06. The SMILES string of the molecule is CNC(=O)C(Cc1ccccc1)N(Cc1ccc(Cl)cc1Cl)C(=O)CCCN(c1cccc(C)c1C)S(C)(=O)=O. The molecule has 3 rings (SSSR count). The van der Waals surface area contributed by atoms with Crippen molar-refractivity contribution in [1.29, 1.82) is 0 Å². The van der Waals surface area contributed by atoms with E-state index in [2.05, 4.69) is 5.32 Å². The van der Waals surface area contributed by atoms with Crippen LogP contribution in [0, 0.1) is 13.8 Å². The van der Waals surface area contributed by atoms with Gasteiger partial charge in [-0.15, -0.1) is 0 Å². The van der Waals surface area contributed by atoms with E-state index >= 15 is 0 Å². The van der Waals surface area contributed by atoms with Crippen LogP contribution in [0.5, 0.6) is 0 Å². The van der Waals surface area contributed by atoms with Gasteiger partial charge in [0.1, 0.15) is 6.04 Å². The minimum Gasteiger partial charge on any atom is -0.357 e. The highest BCUT2D eigenvalue weighted by molar-refractivity contribution is 7.92. The van der Waals surface area contributed by atoms with Crippen LogP contribution in [0.4, 0.5) is 5.69 Å². The van der Waals surface area contributed by atoms with E-state index in [1.807, 2.05) is 56.3 Å². The number of carbonyl (C=O) groups is 2. The summed E-state index contributed by atoms with van der Waals surface area (Å²) in [4.78, 5) is 28.4. The molecule has 40 heavy (non-hydrogen) atoms. The van der Waals surface area contributed by atoms with E-state index in [-0.39, 0.29) is 37.7 Å². The molecule has 0 radical (unpaired) electrons. The summed E-state index contributed by atoms with van der Waals surface area (Å²) in [6, 6.07) is 19.2. The lowest BCUT2D eigenvalue weighted by molar-refractivity contribution is -0.141. The number of rotatable bonds is 12. The highest BCUT2D eigenvalue weighted by Crippen LogP contribution is 2.27. The van der Waals surface area contributed by atoms with Gasteiger partial charge in [0.2, 0.25) is 21.8 Å². The smallest absolute Gasteiger partial charge is 0.242 e. The molecule has 0 aliphatic carbocycles. The molecule has 214 valence electrons. The van der Waals surface area contributed by atoms with Crippen molar-refractivity contribution >= 4 is 50.7 Å². The normalized spacial score (nSPS) is 12.1. The maximum atomic E-state index is 13.8. The lowest BCUT2D eigenvalue weighted by Gasteiger charge is -2.32. The predicted molar refractivity (Wildman–Crippen MR) is 162 cm³/mol. The Morgan fingerprint density at radius 2 is 1.68 bits per heavy atom. The number of halogens is 2. The summed E-state index contributed by atoms with van der Waals surface area (Å²) in [5.74, 6) is -0.597. The molecule has 0 aromatic heterocycles. The molecule has 2 amide bonds. The van der Waals surface area contributed by atoms with Gasteiger partial charge in [-0.3, -0.25) is 13.9 Å². The molecule has 0 saturated carbocycles. The average Bonchev–Trinajstić information content (AvgIpc) is 2.91. The number of nitrogens with zero attached hydrogens (tertiary/aromatic N) is 2. The van der Waals surface area contributed by atoms with Gasteiger partial charge < -0.3 is 10.2 Å². The molecule has 7 nitrogen and oxygen atoms in total. The fourth-order valence-electron chi connectivity index (χ4n) is 4.54. The van der Waals surface area contributed by atoms with Crippen molar-refractivity contribution < 1.29 is 18.0 Å². The molecule has 3 aromatic carbocycles. The fourth-order valence-corrected chi connectivity index (χ4v) is 6.03. The average molecular weight is 605 g/mol. The number of aryl methyl sites for hydroxylation is 1. The second-order valence-corrected chi connectivity index (χ2v) is 12.5. The van der Waals surface area contributed by atoms with Crippen molar-refractivity contribution in [1.82, 2.24) is 10.2 Å². The zero-order valence-corrected chi connectivity index (χ0v) is 25.5. The number of amides is 2. The number of benzene rings is 3. The number of carbonyl (C=O) groups excluding carboxylic acids is 2. The molecule has 0 aliphatic heterocycles. The lowest BCUT2D eigenvalue weighted by atomic mass is 10.0. The Labute approximate surface area is 247 Å². The standard InChI is InChI=1S/C30H35Cl2N3O4S/c1-21-10-8-13-27(22(21)2)35(40(4,38)39)17-9-14-29(36)34(20-24-15-16-25(31)19-26(24)32)28(30(37)33-3)18-23-11-6-5-7-12-23/h5-8,10-13,15-16,19,28H,9,14,17-18,20H2,1-4H3,(H,33,37). The minimum atomic E-state index is -3.59. The van der Waals surface area contributed by atoms with Crippen LogP contribution in [0.3, 0.4) is 0 Å². The summed E-state index contributed by atoms with van der Waals surface area (Å²) in [5.41, 5.74) is 3.97. The number of anilines is 1. The van der Waals surface area contributed by atoms with Gasteiger partial charge >= 0.3 is 0 Å². The number of nitrogens with one attached hydrogen (secondary N) is 1. The van der Waals surface area contributed by atoms with E-state index in [4.69, 9.17) is 23.2 Å². The molecule has 0 aliphatic rings. The first-order valence-corrected chi connectivity index (χ1v) is 15.6. The van der Waals surface area contributed by atoms with Crippen molar-refractivity contribution in [2.45, 2.75) is 45.7 Å². The Bertz CT molecular complexity index is 1450. The Morgan fingerprint density at radius 1 is 0.975 bits per heavy atom. The summed E-state index contributed by atoms with van der Waals surface area (Å²) >= 11 is 12.5. The highest BCUT2D eigenvalue weighted by atomic mass is 35.5. The third-order valence-electron chi connectivity index (χ3n) is 6.87. The molecule has 1 N–H and O–H groups in total. The molecule has 0 heterocycles. The van der Waals surface area contributed by atoms with E-state index in [0.717, 1.165) is 22.9 Å². The van der Waals surface area contributed by atoms with Gasteiger partial charge in [0.15, 0.2) is 0 Å². The Hall–Kier alpha value is -3.07. The summed E-state index contributed by atoms with van der Waals surface area (Å²) in [5, 5.41) is 3.53. The molecule has 0 spiro atoms. The Balaban J connectivity index is 1.89. The van der Waals surface area contributed by atoms with Gasteiger partial charge in [-0.25, -0.2) is 8.42 Å². The molecule has 1 atom stereocenters. The number of hydrogen-bond acceptors (Lipinski definition) is 4.